The van der Waals surface area contributed by atoms with Crippen LogP contribution in [0.1, 0.15) is 71.2 Å². The maximum absolute atomic E-state index is 13.6. The van der Waals surface area contributed by atoms with Crippen LogP contribution in [-0.4, -0.2) is 77.2 Å². The normalized spacial score (nSPS) is 13.5. The molecule has 0 saturated heterocycles. The first-order chi connectivity index (χ1) is 29.9. The van der Waals surface area contributed by atoms with Crippen molar-refractivity contribution in [3.05, 3.63) is 76.6 Å². The molecule has 8 N–H and O–H groups in total. The molecule has 4 rings (SSSR count). The molecule has 2 amide bonds. The van der Waals surface area contributed by atoms with Gasteiger partial charge in [0, 0.05) is 21.9 Å². The monoisotopic (exact) mass is 901 g/mol. The lowest BCUT2D eigenvalue weighted by atomic mass is 9.97. The number of nitrogens with two attached hydrogens (primary N) is 3. The van der Waals surface area contributed by atoms with Gasteiger partial charge in [-0.05, 0) is 80.5 Å². The van der Waals surface area contributed by atoms with Crippen molar-refractivity contribution in [3.63, 3.8) is 0 Å². The van der Waals surface area contributed by atoms with Crippen LogP contribution in [0.3, 0.4) is 0 Å². The van der Waals surface area contributed by atoms with Gasteiger partial charge < -0.3 is 46.5 Å². The number of amides is 2. The number of esters is 2. The van der Waals surface area contributed by atoms with E-state index >= 15 is 0 Å². The first-order valence-corrected chi connectivity index (χ1v) is 21.5. The average molecular weight is 902 g/mol. The minimum Gasteiger partial charge on any atom is -0.490 e. The predicted molar refractivity (Wildman–Crippen MR) is 236 cm³/mol. The summed E-state index contributed by atoms with van der Waals surface area (Å²) in [6.07, 6.45) is 0.797. The van der Waals surface area contributed by atoms with E-state index in [1.807, 2.05) is 27.7 Å². The summed E-state index contributed by atoms with van der Waals surface area (Å²) in [5.41, 5.74) is 19.9. The second kappa shape index (κ2) is 23.3. The molecule has 2 aromatic carbocycles. The third-order valence-electron chi connectivity index (χ3n) is 9.13. The molecule has 2 heterocycles. The Hall–Kier alpha value is -6.18. The summed E-state index contributed by atoms with van der Waals surface area (Å²) < 4.78 is 23.1. The lowest BCUT2D eigenvalue weighted by molar-refractivity contribution is -0.164. The van der Waals surface area contributed by atoms with E-state index in [4.69, 9.17) is 47.4 Å². The number of pyridine rings is 1. The first-order valence-electron chi connectivity index (χ1n) is 20.1. The van der Waals surface area contributed by atoms with Crippen molar-refractivity contribution in [1.29, 1.82) is 10.5 Å². The van der Waals surface area contributed by atoms with Crippen molar-refractivity contribution in [2.45, 2.75) is 95.4 Å². The summed E-state index contributed by atoms with van der Waals surface area (Å²) in [5, 5.41) is 26.5. The molecule has 334 valence electrons. The van der Waals surface area contributed by atoms with Crippen LogP contribution in [0.2, 0.25) is 5.02 Å². The van der Waals surface area contributed by atoms with Crippen LogP contribution < -0.4 is 32.6 Å². The van der Waals surface area contributed by atoms with Gasteiger partial charge >= 0.3 is 11.9 Å². The number of ether oxygens (including phenoxy) is 3. The molecular formula is C44H52ClN9O8S. The van der Waals surface area contributed by atoms with Crippen LogP contribution in [0.4, 0.5) is 5.82 Å². The number of oxazole rings is 1. The number of hydrogen-bond acceptors (Lipinski definition) is 16. The molecule has 19 heteroatoms. The number of nitrogens with one attached hydrogen (secondary N) is 2. The minimum absolute atomic E-state index is 0.00199. The van der Waals surface area contributed by atoms with Gasteiger partial charge in [0.25, 0.3) is 0 Å². The van der Waals surface area contributed by atoms with E-state index in [1.54, 1.807) is 48.5 Å². The smallest absolute Gasteiger partial charge is 0.329 e. The SMILES string of the molecule is CC(C)CC(NC(=O)[C@H](C)N)C(=O)O[C@H](COC(=O)[C@H](CC(C)C)NC(=O)[C@H](C)N)COc1ccc(-c2c(C#N)c(N)nc(SCc3coc(-c4ccc(Cl)cc4)n3)c2C#N)cc1. The number of benzene rings is 2. The van der Waals surface area contributed by atoms with Crippen LogP contribution in [0, 0.1) is 34.5 Å². The van der Waals surface area contributed by atoms with E-state index in [0.29, 0.717) is 22.2 Å². The number of nitrogens with zero attached hydrogens (tertiary/aromatic N) is 4. The molecule has 2 aromatic heterocycles. The summed E-state index contributed by atoms with van der Waals surface area (Å²) in [7, 11) is 0. The van der Waals surface area contributed by atoms with Gasteiger partial charge in [-0.25, -0.2) is 19.6 Å². The molecule has 0 aliphatic carbocycles. The second-order valence-corrected chi connectivity index (χ2v) is 17.0. The molecule has 4 aromatic rings. The number of anilines is 1. The van der Waals surface area contributed by atoms with Crippen molar-refractivity contribution in [2.24, 2.45) is 23.3 Å². The third kappa shape index (κ3) is 14.4. The number of rotatable bonds is 21. The summed E-state index contributed by atoms with van der Waals surface area (Å²) in [5.74, 6) is -1.83. The van der Waals surface area contributed by atoms with Crippen molar-refractivity contribution < 1.29 is 37.8 Å². The Labute approximate surface area is 375 Å². The molecule has 1 unspecified atom stereocenters. The van der Waals surface area contributed by atoms with Gasteiger partial charge in [0.15, 0.2) is 6.10 Å². The molecule has 17 nitrogen and oxygen atoms in total. The van der Waals surface area contributed by atoms with Gasteiger partial charge in [0.05, 0.1) is 23.3 Å². The Morgan fingerprint density at radius 3 is 1.89 bits per heavy atom. The number of halogens is 1. The molecule has 0 spiro atoms. The number of nitriles is 2. The Kier molecular flexibility index (Phi) is 18.3. The molecule has 0 fully saturated rings. The molecule has 5 atom stereocenters. The van der Waals surface area contributed by atoms with Crippen molar-refractivity contribution >= 4 is 52.9 Å². The first kappa shape index (κ1) is 49.5. The number of carbonyl (C=O) groups excluding carboxylic acids is 4. The van der Waals surface area contributed by atoms with Gasteiger partial charge in [0.1, 0.15) is 65.9 Å². The second-order valence-electron chi connectivity index (χ2n) is 15.6. The van der Waals surface area contributed by atoms with E-state index in [9.17, 15) is 29.7 Å². The Bertz CT molecular complexity index is 2310. The van der Waals surface area contributed by atoms with Gasteiger partial charge in [0.2, 0.25) is 17.7 Å². The van der Waals surface area contributed by atoms with Crippen LogP contribution in [-0.2, 0) is 34.4 Å². The third-order valence-corrected chi connectivity index (χ3v) is 10.4. The van der Waals surface area contributed by atoms with Gasteiger partial charge in [-0.3, -0.25) is 9.59 Å². The molecule has 0 saturated carbocycles. The highest BCUT2D eigenvalue weighted by Crippen LogP contribution is 2.37. The van der Waals surface area contributed by atoms with E-state index in [1.165, 1.54) is 31.9 Å². The number of carbonyl (C=O) groups is 4. The number of thioether (sulfide) groups is 1. The Morgan fingerprint density at radius 1 is 0.794 bits per heavy atom. The highest BCUT2D eigenvalue weighted by atomic mass is 35.5. The molecule has 0 radical (unpaired) electrons. The Morgan fingerprint density at radius 2 is 1.35 bits per heavy atom. The fourth-order valence-electron chi connectivity index (χ4n) is 5.95. The van der Waals surface area contributed by atoms with Crippen LogP contribution >= 0.6 is 23.4 Å². The van der Waals surface area contributed by atoms with Crippen LogP contribution in [0.25, 0.3) is 22.6 Å². The van der Waals surface area contributed by atoms with E-state index in [0.717, 1.165) is 5.56 Å². The van der Waals surface area contributed by atoms with Gasteiger partial charge in [-0.15, -0.1) is 0 Å². The van der Waals surface area contributed by atoms with Crippen molar-refractivity contribution in [3.8, 4) is 40.5 Å². The van der Waals surface area contributed by atoms with Crippen molar-refractivity contribution in [2.75, 3.05) is 18.9 Å². The van der Waals surface area contributed by atoms with E-state index < -0.39 is 60.6 Å². The molecule has 0 aliphatic heterocycles. The highest BCUT2D eigenvalue weighted by Gasteiger charge is 2.30. The maximum Gasteiger partial charge on any atom is 0.329 e. The lowest BCUT2D eigenvalue weighted by Crippen LogP contribution is -2.50. The van der Waals surface area contributed by atoms with E-state index in [-0.39, 0.29) is 70.3 Å². The molecule has 63 heavy (non-hydrogen) atoms. The Balaban J connectivity index is 1.56. The van der Waals surface area contributed by atoms with Crippen LogP contribution in [0.15, 0.2) is 64.2 Å². The number of aromatic nitrogens is 2. The topological polar surface area (TPSA) is 285 Å². The molecule has 0 aliphatic rings. The zero-order valence-corrected chi connectivity index (χ0v) is 37.4. The zero-order chi connectivity index (χ0) is 46.4. The quantitative estimate of drug-likeness (QED) is 0.0526. The fourth-order valence-corrected chi connectivity index (χ4v) is 6.95. The fraction of sp³-hybridized carbons (Fsp3) is 0.409. The highest BCUT2D eigenvalue weighted by molar-refractivity contribution is 7.98. The van der Waals surface area contributed by atoms with Crippen molar-refractivity contribution in [1.82, 2.24) is 20.6 Å². The standard InChI is InChI=1S/C44H52ClN9O8S/c1-23(2)15-35(52-39(55)25(5)48)43(57)61-21-32(62-44(58)36(16-24(3)4)53-40(56)26(6)49)20-59-31-13-9-27(10-14-31)37-33(17-46)38(50)54-42(34(37)18-47)63-22-30-19-60-41(51-30)28-7-11-29(45)12-8-28/h7-14,19,23-26,32,35-36H,15-16,20-22,48-49H2,1-6H3,(H2,50,54)(H,52,55)(H,53,56)/t25-,26-,32-,35-,36?/m0/s1. The number of hydrogen-bond donors (Lipinski definition) is 5. The molecular weight excluding hydrogens is 850 g/mol. The number of nitrogen functional groups attached to an aromatic ring is 1. The summed E-state index contributed by atoms with van der Waals surface area (Å²) in [6, 6.07) is 13.8. The lowest BCUT2D eigenvalue weighted by Gasteiger charge is -2.25. The summed E-state index contributed by atoms with van der Waals surface area (Å²) >= 11 is 7.20. The zero-order valence-electron chi connectivity index (χ0n) is 35.8. The predicted octanol–water partition coefficient (Wildman–Crippen LogP) is 5.26. The summed E-state index contributed by atoms with van der Waals surface area (Å²) in [4.78, 5) is 60.7. The maximum atomic E-state index is 13.6. The largest absolute Gasteiger partial charge is 0.490 e. The van der Waals surface area contributed by atoms with Gasteiger partial charge in [-0.1, -0.05) is 63.2 Å². The van der Waals surface area contributed by atoms with Crippen LogP contribution in [0.5, 0.6) is 5.75 Å². The molecule has 0 bridgehead atoms. The van der Waals surface area contributed by atoms with Gasteiger partial charge in [-0.2, -0.15) is 10.5 Å². The average Bonchev–Trinajstić information content (AvgIpc) is 3.72. The minimum atomic E-state index is -1.19. The summed E-state index contributed by atoms with van der Waals surface area (Å²) in [6.45, 7) is 9.67. The van der Waals surface area contributed by atoms with E-state index in [2.05, 4.69) is 32.7 Å².